The van der Waals surface area contributed by atoms with Crippen LogP contribution in [0.1, 0.15) is 13.8 Å². The lowest BCUT2D eigenvalue weighted by atomic mass is 10.7. The Hall–Kier alpha value is -0.340. The normalized spacial score (nSPS) is 7.44. The molecule has 2 heteroatoms. The highest BCUT2D eigenvalue weighted by atomic mass is 16.5. The molecule has 0 fully saturated rings. The quantitative estimate of drug-likeness (QED) is 0.460. The minimum absolute atomic E-state index is 0.0911. The highest BCUT2D eigenvalue weighted by molar-refractivity contribution is 4.63. The van der Waals surface area contributed by atoms with E-state index in [1.807, 2.05) is 13.8 Å². The average Bonchev–Trinajstić information content (AvgIpc) is 1.94. The van der Waals surface area contributed by atoms with Crippen molar-refractivity contribution in [1.82, 2.24) is 0 Å². The molecular weight excluding hydrogens is 116 g/mol. The molecule has 1 N–H and O–H groups in total. The van der Waals surface area contributed by atoms with E-state index in [1.165, 1.54) is 0 Å². The maximum atomic E-state index is 8.13. The van der Waals surface area contributed by atoms with Crippen LogP contribution in [-0.2, 0) is 4.74 Å². The van der Waals surface area contributed by atoms with E-state index in [4.69, 9.17) is 9.84 Å². The Morgan fingerprint density at radius 3 is 2.44 bits per heavy atom. The van der Waals surface area contributed by atoms with Gasteiger partial charge in [0, 0.05) is 0 Å². The molecule has 9 heavy (non-hydrogen) atoms. The Balaban J connectivity index is 0. The minimum Gasteiger partial charge on any atom is -0.394 e. The molecule has 0 spiro atoms. The Kier molecular flexibility index (Phi) is 19.9. The van der Waals surface area contributed by atoms with Gasteiger partial charge in [-0.15, -0.1) is 6.58 Å². The molecule has 0 aliphatic carbocycles. The topological polar surface area (TPSA) is 29.5 Å². The summed E-state index contributed by atoms with van der Waals surface area (Å²) in [4.78, 5) is 0. The van der Waals surface area contributed by atoms with E-state index in [0.717, 1.165) is 0 Å². The molecule has 0 rings (SSSR count). The summed E-state index contributed by atoms with van der Waals surface area (Å²) in [7, 11) is 0. The van der Waals surface area contributed by atoms with Crippen molar-refractivity contribution in [3.63, 3.8) is 0 Å². The van der Waals surface area contributed by atoms with Crippen LogP contribution in [0.25, 0.3) is 0 Å². The third-order valence-electron chi connectivity index (χ3n) is 0.471. The zero-order valence-corrected chi connectivity index (χ0v) is 6.26. The molecule has 0 aromatic carbocycles. The van der Waals surface area contributed by atoms with Gasteiger partial charge >= 0.3 is 0 Å². The largest absolute Gasteiger partial charge is 0.394 e. The molecule has 0 aromatic heterocycles. The summed E-state index contributed by atoms with van der Waals surface area (Å²) in [5.41, 5.74) is 0. The van der Waals surface area contributed by atoms with E-state index in [1.54, 1.807) is 6.08 Å². The molecular formula is C7H16O2. The standard InChI is InChI=1S/C5H10O2.C2H6/c1-2-4-7-5-3-6;1-2/h2,6H,1,3-5H2;1-2H3. The molecule has 0 radical (unpaired) electrons. The molecule has 0 aliphatic rings. The summed E-state index contributed by atoms with van der Waals surface area (Å²) in [6.45, 7) is 8.45. The zero-order chi connectivity index (χ0) is 7.54. The Labute approximate surface area is 57.2 Å². The number of aliphatic hydroxyl groups is 1. The fourth-order valence-electron chi connectivity index (χ4n) is 0.231. The van der Waals surface area contributed by atoms with E-state index in [-0.39, 0.29) is 6.61 Å². The van der Waals surface area contributed by atoms with Crippen molar-refractivity contribution in [1.29, 1.82) is 0 Å². The van der Waals surface area contributed by atoms with Gasteiger partial charge in [-0.25, -0.2) is 0 Å². The van der Waals surface area contributed by atoms with E-state index in [9.17, 15) is 0 Å². The summed E-state index contributed by atoms with van der Waals surface area (Å²) >= 11 is 0. The monoisotopic (exact) mass is 132 g/mol. The van der Waals surface area contributed by atoms with E-state index >= 15 is 0 Å². The predicted octanol–water partition coefficient (Wildman–Crippen LogP) is 1.21. The van der Waals surface area contributed by atoms with E-state index in [2.05, 4.69) is 6.58 Å². The van der Waals surface area contributed by atoms with Crippen LogP contribution in [0.5, 0.6) is 0 Å². The molecule has 0 saturated heterocycles. The highest BCUT2D eigenvalue weighted by Crippen LogP contribution is 1.70. The van der Waals surface area contributed by atoms with Crippen LogP contribution in [-0.4, -0.2) is 24.9 Å². The summed E-state index contributed by atoms with van der Waals surface area (Å²) in [5.74, 6) is 0. The Morgan fingerprint density at radius 2 is 2.11 bits per heavy atom. The molecule has 0 amide bonds. The van der Waals surface area contributed by atoms with Gasteiger partial charge in [0.1, 0.15) is 0 Å². The lowest BCUT2D eigenvalue weighted by molar-refractivity contribution is 0.112. The van der Waals surface area contributed by atoms with Gasteiger partial charge in [-0.05, 0) is 0 Å². The van der Waals surface area contributed by atoms with Crippen molar-refractivity contribution in [2.24, 2.45) is 0 Å². The lowest BCUT2D eigenvalue weighted by Crippen LogP contribution is -1.97. The van der Waals surface area contributed by atoms with E-state index < -0.39 is 0 Å². The zero-order valence-electron chi connectivity index (χ0n) is 6.26. The average molecular weight is 132 g/mol. The molecule has 0 aliphatic heterocycles. The molecule has 2 nitrogen and oxygen atoms in total. The maximum absolute atomic E-state index is 8.13. The molecule has 0 heterocycles. The summed E-state index contributed by atoms with van der Waals surface area (Å²) in [6.07, 6.45) is 1.65. The van der Waals surface area contributed by atoms with Crippen LogP contribution in [0, 0.1) is 0 Å². The second-order valence-electron chi connectivity index (χ2n) is 1.09. The number of ether oxygens (including phenoxy) is 1. The molecule has 0 saturated carbocycles. The van der Waals surface area contributed by atoms with Crippen LogP contribution in [0.3, 0.4) is 0 Å². The predicted molar refractivity (Wildman–Crippen MR) is 39.4 cm³/mol. The van der Waals surface area contributed by atoms with Gasteiger partial charge in [0.2, 0.25) is 0 Å². The Morgan fingerprint density at radius 1 is 1.56 bits per heavy atom. The van der Waals surface area contributed by atoms with Crippen molar-refractivity contribution in [3.8, 4) is 0 Å². The van der Waals surface area contributed by atoms with E-state index in [0.29, 0.717) is 13.2 Å². The van der Waals surface area contributed by atoms with Gasteiger partial charge in [0.05, 0.1) is 19.8 Å². The summed E-state index contributed by atoms with van der Waals surface area (Å²) < 4.78 is 4.76. The van der Waals surface area contributed by atoms with Crippen molar-refractivity contribution in [2.45, 2.75) is 13.8 Å². The van der Waals surface area contributed by atoms with Crippen LogP contribution >= 0.6 is 0 Å². The molecule has 0 bridgehead atoms. The van der Waals surface area contributed by atoms with Crippen molar-refractivity contribution in [3.05, 3.63) is 12.7 Å². The van der Waals surface area contributed by atoms with Crippen LogP contribution in [0.2, 0.25) is 0 Å². The number of hydrogen-bond donors (Lipinski definition) is 1. The van der Waals surface area contributed by atoms with Crippen molar-refractivity contribution < 1.29 is 9.84 Å². The second-order valence-corrected chi connectivity index (χ2v) is 1.09. The highest BCUT2D eigenvalue weighted by Gasteiger charge is 1.75. The number of rotatable bonds is 4. The van der Waals surface area contributed by atoms with Gasteiger partial charge in [0.25, 0.3) is 0 Å². The van der Waals surface area contributed by atoms with Gasteiger partial charge in [-0.1, -0.05) is 19.9 Å². The molecule has 0 atom stereocenters. The number of aliphatic hydroxyl groups excluding tert-OH is 1. The van der Waals surface area contributed by atoms with Gasteiger partial charge in [0.15, 0.2) is 0 Å². The Bertz CT molecular complexity index is 44.2. The first-order valence-electron chi connectivity index (χ1n) is 3.21. The fraction of sp³-hybridized carbons (Fsp3) is 0.714. The SMILES string of the molecule is C=CCOCCO.CC. The van der Waals surface area contributed by atoms with Gasteiger partial charge in [-0.3, -0.25) is 0 Å². The van der Waals surface area contributed by atoms with Crippen LogP contribution < -0.4 is 0 Å². The van der Waals surface area contributed by atoms with Crippen LogP contribution in [0.15, 0.2) is 12.7 Å². The molecule has 56 valence electrons. The summed E-state index contributed by atoms with van der Waals surface area (Å²) in [6, 6.07) is 0. The molecule has 0 unspecified atom stereocenters. The first-order valence-corrected chi connectivity index (χ1v) is 3.21. The number of hydrogen-bond acceptors (Lipinski definition) is 2. The molecule has 0 aromatic rings. The first-order chi connectivity index (χ1) is 4.41. The fourth-order valence-corrected chi connectivity index (χ4v) is 0.231. The van der Waals surface area contributed by atoms with Crippen LogP contribution in [0.4, 0.5) is 0 Å². The third kappa shape index (κ3) is 18.3. The van der Waals surface area contributed by atoms with Gasteiger partial charge < -0.3 is 9.84 Å². The third-order valence-corrected chi connectivity index (χ3v) is 0.471. The first kappa shape index (κ1) is 11.5. The van der Waals surface area contributed by atoms with Gasteiger partial charge in [-0.2, -0.15) is 0 Å². The lowest BCUT2D eigenvalue weighted by Gasteiger charge is -1.92. The smallest absolute Gasteiger partial charge is 0.0701 e. The van der Waals surface area contributed by atoms with Crippen molar-refractivity contribution >= 4 is 0 Å². The second kappa shape index (κ2) is 15.6. The summed E-state index contributed by atoms with van der Waals surface area (Å²) in [5, 5.41) is 8.13. The van der Waals surface area contributed by atoms with Crippen molar-refractivity contribution in [2.75, 3.05) is 19.8 Å². The minimum atomic E-state index is 0.0911. The maximum Gasteiger partial charge on any atom is 0.0701 e.